The van der Waals surface area contributed by atoms with Crippen molar-refractivity contribution >= 4 is 23.6 Å². The molecule has 1 atom stereocenters. The molecule has 0 aromatic carbocycles. The number of amides is 2. The van der Waals surface area contributed by atoms with E-state index in [1.807, 2.05) is 12.1 Å². The molecule has 3 heterocycles. The summed E-state index contributed by atoms with van der Waals surface area (Å²) in [4.78, 5) is 28.1. The van der Waals surface area contributed by atoms with Gasteiger partial charge in [0.05, 0.1) is 11.7 Å². The molecule has 0 bridgehead atoms. The third-order valence-electron chi connectivity index (χ3n) is 3.73. The molecule has 2 aromatic rings. The first-order valence-electron chi connectivity index (χ1n) is 7.30. The smallest absolute Gasteiger partial charge is 0.277 e. The van der Waals surface area contributed by atoms with E-state index in [9.17, 15) is 9.59 Å². The zero-order valence-corrected chi connectivity index (χ0v) is 13.2. The van der Waals surface area contributed by atoms with Gasteiger partial charge in [-0.15, -0.1) is 10.2 Å². The van der Waals surface area contributed by atoms with Crippen LogP contribution in [-0.4, -0.2) is 50.7 Å². The lowest BCUT2D eigenvalue weighted by Gasteiger charge is -2.31. The third-order valence-corrected chi connectivity index (χ3v) is 4.53. The fraction of sp³-hybridized carbons (Fsp3) is 0.429. The molecular formula is C14H17N5O3S. The first kappa shape index (κ1) is 15.6. The average Bonchev–Trinajstić information content (AvgIpc) is 3.23. The normalized spacial score (nSPS) is 18.1. The SMILES string of the molecule is NC(=O)[C@@H]1CCCN(C(=O)CSc2nnc(-c3ccc[nH]3)o2)C1. The van der Waals surface area contributed by atoms with Crippen molar-refractivity contribution in [3.8, 4) is 11.6 Å². The maximum Gasteiger partial charge on any atom is 0.277 e. The number of nitrogens with two attached hydrogens (primary N) is 1. The van der Waals surface area contributed by atoms with Crippen LogP contribution in [0, 0.1) is 5.92 Å². The number of rotatable bonds is 5. The number of primary amides is 1. The number of thioether (sulfide) groups is 1. The van der Waals surface area contributed by atoms with Crippen molar-refractivity contribution in [2.75, 3.05) is 18.8 Å². The molecule has 8 nitrogen and oxygen atoms in total. The molecule has 3 N–H and O–H groups in total. The molecule has 0 unspecified atom stereocenters. The van der Waals surface area contributed by atoms with Crippen LogP contribution < -0.4 is 5.73 Å². The van der Waals surface area contributed by atoms with Gasteiger partial charge in [-0.05, 0) is 25.0 Å². The number of carbonyl (C=O) groups excluding carboxylic acids is 2. The summed E-state index contributed by atoms with van der Waals surface area (Å²) < 4.78 is 5.49. The van der Waals surface area contributed by atoms with Crippen molar-refractivity contribution < 1.29 is 14.0 Å². The van der Waals surface area contributed by atoms with E-state index >= 15 is 0 Å². The fourth-order valence-electron chi connectivity index (χ4n) is 2.49. The second-order valence-electron chi connectivity index (χ2n) is 5.33. The summed E-state index contributed by atoms with van der Waals surface area (Å²) in [5.41, 5.74) is 6.06. The highest BCUT2D eigenvalue weighted by molar-refractivity contribution is 7.99. The molecule has 0 spiro atoms. The van der Waals surface area contributed by atoms with Crippen LogP contribution in [0.5, 0.6) is 0 Å². The van der Waals surface area contributed by atoms with Crippen LogP contribution in [0.15, 0.2) is 28.0 Å². The number of nitrogens with zero attached hydrogens (tertiary/aromatic N) is 3. The summed E-state index contributed by atoms with van der Waals surface area (Å²) in [7, 11) is 0. The Labute approximate surface area is 136 Å². The second kappa shape index (κ2) is 6.86. The van der Waals surface area contributed by atoms with Crippen molar-refractivity contribution in [3.05, 3.63) is 18.3 Å². The van der Waals surface area contributed by atoms with Crippen molar-refractivity contribution in [1.82, 2.24) is 20.1 Å². The fourth-order valence-corrected chi connectivity index (χ4v) is 3.16. The number of nitrogens with one attached hydrogen (secondary N) is 1. The maximum absolute atomic E-state index is 12.2. The van der Waals surface area contributed by atoms with E-state index in [2.05, 4.69) is 15.2 Å². The highest BCUT2D eigenvalue weighted by atomic mass is 32.2. The van der Waals surface area contributed by atoms with Crippen LogP contribution in [0.1, 0.15) is 12.8 Å². The predicted octanol–water partition coefficient (Wildman–Crippen LogP) is 0.881. The van der Waals surface area contributed by atoms with Crippen LogP contribution in [-0.2, 0) is 9.59 Å². The van der Waals surface area contributed by atoms with Crippen molar-refractivity contribution in [2.45, 2.75) is 18.1 Å². The van der Waals surface area contributed by atoms with E-state index < -0.39 is 0 Å². The summed E-state index contributed by atoms with van der Waals surface area (Å²) in [5, 5.41) is 8.18. The molecule has 1 aliphatic heterocycles. The van der Waals surface area contributed by atoms with E-state index in [0.29, 0.717) is 24.2 Å². The molecule has 3 rings (SSSR count). The number of hydrogen-bond donors (Lipinski definition) is 2. The van der Waals surface area contributed by atoms with Crippen LogP contribution in [0.4, 0.5) is 0 Å². The van der Waals surface area contributed by atoms with Crippen LogP contribution >= 0.6 is 11.8 Å². The Morgan fingerprint density at radius 2 is 2.35 bits per heavy atom. The summed E-state index contributed by atoms with van der Waals surface area (Å²) in [6, 6.07) is 3.66. The highest BCUT2D eigenvalue weighted by Gasteiger charge is 2.27. The van der Waals surface area contributed by atoms with Crippen LogP contribution in [0.2, 0.25) is 0 Å². The number of H-pyrrole nitrogens is 1. The third kappa shape index (κ3) is 3.73. The number of aromatic nitrogens is 3. The molecule has 0 saturated carbocycles. The Hall–Kier alpha value is -2.29. The molecule has 9 heteroatoms. The average molecular weight is 335 g/mol. The Kier molecular flexibility index (Phi) is 4.65. The summed E-state index contributed by atoms with van der Waals surface area (Å²) in [6.45, 7) is 1.05. The molecule has 1 aliphatic rings. The molecular weight excluding hydrogens is 318 g/mol. The topological polar surface area (TPSA) is 118 Å². The Balaban J connectivity index is 1.54. The molecule has 122 valence electrons. The largest absolute Gasteiger partial charge is 0.410 e. The minimum Gasteiger partial charge on any atom is -0.410 e. The van der Waals surface area contributed by atoms with Gasteiger partial charge in [0.1, 0.15) is 5.69 Å². The molecule has 23 heavy (non-hydrogen) atoms. The molecule has 2 amide bonds. The van der Waals surface area contributed by atoms with Gasteiger partial charge in [0.25, 0.3) is 11.1 Å². The first-order chi connectivity index (χ1) is 11.1. The van der Waals surface area contributed by atoms with Gasteiger partial charge in [0, 0.05) is 19.3 Å². The van der Waals surface area contributed by atoms with Gasteiger partial charge in [-0.1, -0.05) is 11.8 Å². The molecule has 1 saturated heterocycles. The van der Waals surface area contributed by atoms with Crippen molar-refractivity contribution in [1.29, 1.82) is 0 Å². The van der Waals surface area contributed by atoms with Crippen LogP contribution in [0.3, 0.4) is 0 Å². The van der Waals surface area contributed by atoms with E-state index in [0.717, 1.165) is 18.5 Å². The van der Waals surface area contributed by atoms with E-state index in [1.165, 1.54) is 11.8 Å². The number of piperidine rings is 1. The summed E-state index contributed by atoms with van der Waals surface area (Å²) in [6.07, 6.45) is 3.30. The second-order valence-corrected chi connectivity index (χ2v) is 6.25. The Bertz CT molecular complexity index is 684. The summed E-state index contributed by atoms with van der Waals surface area (Å²) >= 11 is 1.19. The van der Waals surface area contributed by atoms with Gasteiger partial charge in [-0.2, -0.15) is 0 Å². The number of hydrogen-bond acceptors (Lipinski definition) is 6. The summed E-state index contributed by atoms with van der Waals surface area (Å²) in [5.74, 6) is -0.0711. The lowest BCUT2D eigenvalue weighted by molar-refractivity contribution is -0.132. The van der Waals surface area contributed by atoms with E-state index in [1.54, 1.807) is 11.1 Å². The minimum absolute atomic E-state index is 0.0550. The number of aromatic amines is 1. The molecule has 0 aliphatic carbocycles. The molecule has 1 fully saturated rings. The van der Waals surface area contributed by atoms with Gasteiger partial charge in [-0.25, -0.2) is 0 Å². The number of likely N-dealkylation sites (tertiary alicyclic amines) is 1. The molecule has 2 aromatic heterocycles. The van der Waals surface area contributed by atoms with E-state index in [-0.39, 0.29) is 23.5 Å². The monoisotopic (exact) mass is 335 g/mol. The van der Waals surface area contributed by atoms with E-state index in [4.69, 9.17) is 10.2 Å². The number of carbonyl (C=O) groups is 2. The van der Waals surface area contributed by atoms with Gasteiger partial charge < -0.3 is 20.0 Å². The molecule has 0 radical (unpaired) electrons. The van der Waals surface area contributed by atoms with Gasteiger partial charge in [0.2, 0.25) is 11.8 Å². The lowest BCUT2D eigenvalue weighted by Crippen LogP contribution is -2.44. The standard InChI is InChI=1S/C14H17N5O3S/c15-12(21)9-3-2-6-19(7-9)11(20)8-23-14-18-17-13(22-14)10-4-1-5-16-10/h1,4-5,9,16H,2-3,6-8H2,(H2,15,21)/t9-/m1/s1. The zero-order chi connectivity index (χ0) is 16.2. The Morgan fingerprint density at radius 1 is 1.48 bits per heavy atom. The highest BCUT2D eigenvalue weighted by Crippen LogP contribution is 2.23. The van der Waals surface area contributed by atoms with Gasteiger partial charge in [0.15, 0.2) is 0 Å². The first-order valence-corrected chi connectivity index (χ1v) is 8.29. The predicted molar refractivity (Wildman–Crippen MR) is 83.3 cm³/mol. The van der Waals surface area contributed by atoms with Gasteiger partial charge in [-0.3, -0.25) is 9.59 Å². The zero-order valence-electron chi connectivity index (χ0n) is 12.4. The van der Waals surface area contributed by atoms with Crippen molar-refractivity contribution in [3.63, 3.8) is 0 Å². The van der Waals surface area contributed by atoms with Gasteiger partial charge >= 0.3 is 0 Å². The van der Waals surface area contributed by atoms with Crippen molar-refractivity contribution in [2.24, 2.45) is 11.7 Å². The van der Waals surface area contributed by atoms with Crippen LogP contribution in [0.25, 0.3) is 11.6 Å². The Morgan fingerprint density at radius 3 is 3.09 bits per heavy atom. The minimum atomic E-state index is -0.345. The quantitative estimate of drug-likeness (QED) is 0.783. The maximum atomic E-state index is 12.2. The lowest BCUT2D eigenvalue weighted by atomic mass is 9.97.